The maximum absolute atomic E-state index is 5.78. The highest BCUT2D eigenvalue weighted by atomic mass is 79.9. The van der Waals surface area contributed by atoms with Crippen LogP contribution in [-0.2, 0) is 18.9 Å². The molecule has 1 saturated heterocycles. The summed E-state index contributed by atoms with van der Waals surface area (Å²) in [6, 6.07) is 0. The molecule has 4 nitrogen and oxygen atoms in total. The molecule has 1 aliphatic rings. The lowest BCUT2D eigenvalue weighted by molar-refractivity contribution is -0.0766. The number of methoxy groups -OCH3 is 2. The van der Waals surface area contributed by atoms with Crippen LogP contribution in [0.1, 0.15) is 0 Å². The first-order chi connectivity index (χ1) is 6.77. The van der Waals surface area contributed by atoms with E-state index in [2.05, 4.69) is 15.9 Å². The molecule has 1 fully saturated rings. The monoisotopic (exact) mass is 268 g/mol. The van der Waals surface area contributed by atoms with Crippen LogP contribution in [0.3, 0.4) is 0 Å². The first-order valence-electron chi connectivity index (χ1n) is 4.63. The van der Waals surface area contributed by atoms with Crippen LogP contribution in [0.2, 0.25) is 0 Å². The average molecular weight is 269 g/mol. The molecule has 1 rings (SSSR count). The van der Waals surface area contributed by atoms with Gasteiger partial charge in [-0.25, -0.2) is 0 Å². The Morgan fingerprint density at radius 3 is 2.36 bits per heavy atom. The van der Waals surface area contributed by atoms with E-state index < -0.39 is 0 Å². The summed E-state index contributed by atoms with van der Waals surface area (Å²) in [4.78, 5) is 0.277. The van der Waals surface area contributed by atoms with Crippen LogP contribution in [0, 0.1) is 0 Å². The van der Waals surface area contributed by atoms with Crippen molar-refractivity contribution in [2.45, 2.75) is 17.0 Å². The zero-order chi connectivity index (χ0) is 10.4. The van der Waals surface area contributed by atoms with Gasteiger partial charge < -0.3 is 18.9 Å². The summed E-state index contributed by atoms with van der Waals surface area (Å²) in [7, 11) is 3.31. The Morgan fingerprint density at radius 2 is 1.93 bits per heavy atom. The standard InChI is InChI=1S/C9H17BrO4/c1-11-3-7(4-12-2)14-9-6-13-5-8(9)10/h7-9H,3-6H2,1-2H3. The fourth-order valence-corrected chi connectivity index (χ4v) is 1.84. The van der Waals surface area contributed by atoms with Crippen molar-refractivity contribution in [3.05, 3.63) is 0 Å². The molecule has 0 aliphatic carbocycles. The zero-order valence-corrected chi connectivity index (χ0v) is 10.2. The fourth-order valence-electron chi connectivity index (χ4n) is 1.38. The Bertz CT molecular complexity index is 150. The number of rotatable bonds is 6. The largest absolute Gasteiger partial charge is 0.382 e. The minimum atomic E-state index is -0.0169. The highest BCUT2D eigenvalue weighted by Crippen LogP contribution is 2.19. The summed E-state index contributed by atoms with van der Waals surface area (Å²) in [5.74, 6) is 0. The Morgan fingerprint density at radius 1 is 1.29 bits per heavy atom. The summed E-state index contributed by atoms with van der Waals surface area (Å²) in [6.45, 7) is 2.44. The van der Waals surface area contributed by atoms with Gasteiger partial charge in [0, 0.05) is 14.2 Å². The molecule has 0 aromatic carbocycles. The highest BCUT2D eigenvalue weighted by molar-refractivity contribution is 9.09. The van der Waals surface area contributed by atoms with Crippen LogP contribution in [0.5, 0.6) is 0 Å². The smallest absolute Gasteiger partial charge is 0.105 e. The van der Waals surface area contributed by atoms with Gasteiger partial charge in [0.2, 0.25) is 0 Å². The second-order valence-corrected chi connectivity index (χ2v) is 4.44. The molecule has 0 saturated carbocycles. The van der Waals surface area contributed by atoms with E-state index in [-0.39, 0.29) is 17.0 Å². The van der Waals surface area contributed by atoms with E-state index in [1.807, 2.05) is 0 Å². The Hall–Kier alpha value is 0.320. The second kappa shape index (κ2) is 6.74. The predicted molar refractivity (Wildman–Crippen MR) is 55.9 cm³/mol. The Labute approximate surface area is 93.0 Å². The number of alkyl halides is 1. The van der Waals surface area contributed by atoms with Gasteiger partial charge in [-0.3, -0.25) is 0 Å². The molecule has 5 heteroatoms. The highest BCUT2D eigenvalue weighted by Gasteiger charge is 2.29. The minimum Gasteiger partial charge on any atom is -0.382 e. The molecule has 2 unspecified atom stereocenters. The van der Waals surface area contributed by atoms with Crippen LogP contribution >= 0.6 is 15.9 Å². The van der Waals surface area contributed by atoms with Gasteiger partial charge in [-0.05, 0) is 0 Å². The van der Waals surface area contributed by atoms with E-state index in [4.69, 9.17) is 18.9 Å². The van der Waals surface area contributed by atoms with E-state index in [9.17, 15) is 0 Å². The van der Waals surface area contributed by atoms with Crippen LogP contribution < -0.4 is 0 Å². The number of ether oxygens (including phenoxy) is 4. The molecule has 0 spiro atoms. The zero-order valence-electron chi connectivity index (χ0n) is 8.57. The first kappa shape index (κ1) is 12.4. The molecule has 2 atom stereocenters. The van der Waals surface area contributed by atoms with Crippen molar-refractivity contribution in [2.75, 3.05) is 40.6 Å². The molecule has 0 N–H and O–H groups in total. The van der Waals surface area contributed by atoms with Crippen LogP contribution in [0.4, 0.5) is 0 Å². The molecule has 14 heavy (non-hydrogen) atoms. The van der Waals surface area contributed by atoms with Gasteiger partial charge in [0.1, 0.15) is 6.10 Å². The maximum Gasteiger partial charge on any atom is 0.105 e. The van der Waals surface area contributed by atoms with Crippen molar-refractivity contribution >= 4 is 15.9 Å². The van der Waals surface area contributed by atoms with E-state index in [0.29, 0.717) is 26.4 Å². The third-order valence-corrected chi connectivity index (χ3v) is 2.89. The van der Waals surface area contributed by atoms with Gasteiger partial charge >= 0.3 is 0 Å². The summed E-state index contributed by atoms with van der Waals surface area (Å²) in [5.41, 5.74) is 0. The summed E-state index contributed by atoms with van der Waals surface area (Å²) in [6.07, 6.45) is 0.0852. The lowest BCUT2D eigenvalue weighted by Gasteiger charge is -2.21. The average Bonchev–Trinajstić information content (AvgIpc) is 2.53. The normalized spacial score (nSPS) is 27.4. The van der Waals surface area contributed by atoms with Crippen molar-refractivity contribution in [3.63, 3.8) is 0 Å². The van der Waals surface area contributed by atoms with Gasteiger partial charge in [0.15, 0.2) is 0 Å². The lowest BCUT2D eigenvalue weighted by Crippen LogP contribution is -2.33. The molecule has 0 aromatic heterocycles. The van der Waals surface area contributed by atoms with Crippen molar-refractivity contribution in [2.24, 2.45) is 0 Å². The van der Waals surface area contributed by atoms with Crippen molar-refractivity contribution in [1.29, 1.82) is 0 Å². The molecular formula is C9H17BrO4. The number of hydrogen-bond acceptors (Lipinski definition) is 4. The van der Waals surface area contributed by atoms with E-state index in [0.717, 1.165) is 0 Å². The molecule has 1 heterocycles. The van der Waals surface area contributed by atoms with Crippen molar-refractivity contribution < 1.29 is 18.9 Å². The molecule has 0 amide bonds. The number of hydrogen-bond donors (Lipinski definition) is 0. The van der Waals surface area contributed by atoms with E-state index in [1.165, 1.54) is 0 Å². The maximum atomic E-state index is 5.78. The van der Waals surface area contributed by atoms with Gasteiger partial charge in [-0.2, -0.15) is 0 Å². The molecule has 0 aromatic rings. The molecular weight excluding hydrogens is 252 g/mol. The SMILES string of the molecule is COCC(COC)OC1COCC1Br. The molecule has 84 valence electrons. The fraction of sp³-hybridized carbons (Fsp3) is 1.00. The van der Waals surface area contributed by atoms with Gasteiger partial charge in [0.05, 0.1) is 37.4 Å². The minimum absolute atomic E-state index is 0.0169. The predicted octanol–water partition coefficient (Wildman–Crippen LogP) is 0.827. The third kappa shape index (κ3) is 3.82. The van der Waals surface area contributed by atoms with Crippen LogP contribution in [-0.4, -0.2) is 57.7 Å². The van der Waals surface area contributed by atoms with Crippen molar-refractivity contribution in [3.8, 4) is 0 Å². The van der Waals surface area contributed by atoms with Gasteiger partial charge in [-0.15, -0.1) is 0 Å². The summed E-state index contributed by atoms with van der Waals surface area (Å²) >= 11 is 3.50. The Balaban J connectivity index is 2.29. The van der Waals surface area contributed by atoms with Crippen molar-refractivity contribution in [1.82, 2.24) is 0 Å². The summed E-state index contributed by atoms with van der Waals surface area (Å²) < 4.78 is 21.1. The Kier molecular flexibility index (Phi) is 5.96. The second-order valence-electron chi connectivity index (χ2n) is 3.26. The first-order valence-corrected chi connectivity index (χ1v) is 5.54. The van der Waals surface area contributed by atoms with Gasteiger partial charge in [0.25, 0.3) is 0 Å². The van der Waals surface area contributed by atoms with E-state index in [1.54, 1.807) is 14.2 Å². The summed E-state index contributed by atoms with van der Waals surface area (Å²) in [5, 5.41) is 0. The topological polar surface area (TPSA) is 36.9 Å². The lowest BCUT2D eigenvalue weighted by atomic mass is 10.3. The molecule has 0 bridgehead atoms. The number of halogens is 1. The molecule has 1 aliphatic heterocycles. The van der Waals surface area contributed by atoms with Gasteiger partial charge in [-0.1, -0.05) is 15.9 Å². The quantitative estimate of drug-likeness (QED) is 0.669. The third-order valence-electron chi connectivity index (χ3n) is 2.03. The van der Waals surface area contributed by atoms with Crippen LogP contribution in [0.15, 0.2) is 0 Å². The molecule has 0 radical (unpaired) electrons. The van der Waals surface area contributed by atoms with Crippen LogP contribution in [0.25, 0.3) is 0 Å². The van der Waals surface area contributed by atoms with E-state index >= 15 is 0 Å².